The standard InChI is InChI=1S/C24H28Te/c1-23(2,3)19-11-7-17(8-12-19)21-15-16-22(25-21)18-9-13-20(14-10-18)24(4,5)6/h7-16H,1-6H3. The Hall–Kier alpha value is -1.29. The van der Waals surface area contributed by atoms with Crippen molar-refractivity contribution in [2.45, 2.75) is 52.4 Å². The molecule has 0 aliphatic heterocycles. The van der Waals surface area contributed by atoms with E-state index in [1.807, 2.05) is 0 Å². The molecule has 0 aliphatic carbocycles. The summed E-state index contributed by atoms with van der Waals surface area (Å²) >= 11 is -0.306. The summed E-state index contributed by atoms with van der Waals surface area (Å²) in [6.07, 6.45) is 0. The van der Waals surface area contributed by atoms with E-state index in [0.717, 1.165) is 0 Å². The molecule has 0 N–H and O–H groups in total. The third-order valence-corrected chi connectivity index (χ3v) is 8.05. The molecule has 0 spiro atoms. The first-order valence-corrected chi connectivity index (χ1v) is 11.3. The van der Waals surface area contributed by atoms with Crippen LogP contribution in [0.4, 0.5) is 0 Å². The first-order chi connectivity index (χ1) is 11.6. The molecule has 3 aromatic rings. The minimum absolute atomic E-state index is 0.220. The molecular formula is C24H28Te. The van der Waals surface area contributed by atoms with Crippen molar-refractivity contribution in [3.8, 4) is 18.3 Å². The van der Waals surface area contributed by atoms with Gasteiger partial charge in [0.25, 0.3) is 0 Å². The molecule has 1 aromatic heterocycles. The fraction of sp³-hybridized carbons (Fsp3) is 0.333. The van der Waals surface area contributed by atoms with Crippen LogP contribution >= 0.6 is 0 Å². The summed E-state index contributed by atoms with van der Waals surface area (Å²) in [5.74, 6) is 0. The molecule has 0 saturated heterocycles. The zero-order chi connectivity index (χ0) is 18.2. The second-order valence-corrected chi connectivity index (χ2v) is 11.9. The molecule has 0 nitrogen and oxygen atoms in total. The molecular weight excluding hydrogens is 416 g/mol. The number of rotatable bonds is 2. The summed E-state index contributed by atoms with van der Waals surface area (Å²) in [7, 11) is 0. The molecule has 0 amide bonds. The zero-order valence-corrected chi connectivity index (χ0v) is 18.5. The van der Waals surface area contributed by atoms with Crippen molar-refractivity contribution in [3.63, 3.8) is 0 Å². The van der Waals surface area contributed by atoms with E-state index < -0.39 is 0 Å². The van der Waals surface area contributed by atoms with Crippen LogP contribution in [0.3, 0.4) is 0 Å². The SMILES string of the molecule is CC(C)(C)c1ccc(-c2ccc(-c3ccc(C(C)(C)C)cc3)[te]2)cc1. The quantitative estimate of drug-likeness (QED) is 0.388. The van der Waals surface area contributed by atoms with E-state index >= 15 is 0 Å². The van der Waals surface area contributed by atoms with Gasteiger partial charge in [0.2, 0.25) is 0 Å². The molecule has 0 atom stereocenters. The molecule has 0 bridgehead atoms. The Kier molecular flexibility index (Phi) is 5.02. The average molecular weight is 444 g/mol. The molecule has 130 valence electrons. The normalized spacial score (nSPS) is 12.4. The van der Waals surface area contributed by atoms with Crippen LogP contribution in [0.1, 0.15) is 52.7 Å². The van der Waals surface area contributed by atoms with E-state index in [9.17, 15) is 0 Å². The first kappa shape index (κ1) is 18.5. The Morgan fingerprint density at radius 2 is 0.800 bits per heavy atom. The van der Waals surface area contributed by atoms with Crippen LogP contribution in [0.2, 0.25) is 0 Å². The fourth-order valence-corrected chi connectivity index (χ4v) is 5.82. The van der Waals surface area contributed by atoms with Crippen molar-refractivity contribution in [1.29, 1.82) is 0 Å². The van der Waals surface area contributed by atoms with Crippen molar-refractivity contribution >= 4 is 20.4 Å². The Morgan fingerprint density at radius 1 is 0.480 bits per heavy atom. The Morgan fingerprint density at radius 3 is 1.08 bits per heavy atom. The fourth-order valence-electron chi connectivity index (χ4n) is 2.92. The van der Waals surface area contributed by atoms with E-state index in [-0.39, 0.29) is 31.3 Å². The van der Waals surface area contributed by atoms with E-state index in [1.165, 1.54) is 22.3 Å². The van der Waals surface area contributed by atoms with Crippen molar-refractivity contribution in [1.82, 2.24) is 0 Å². The van der Waals surface area contributed by atoms with Crippen molar-refractivity contribution < 1.29 is 0 Å². The van der Waals surface area contributed by atoms with E-state index in [4.69, 9.17) is 0 Å². The van der Waals surface area contributed by atoms with Crippen molar-refractivity contribution in [2.75, 3.05) is 0 Å². The van der Waals surface area contributed by atoms with Gasteiger partial charge in [-0.25, -0.2) is 0 Å². The van der Waals surface area contributed by atoms with Crippen molar-refractivity contribution in [2.24, 2.45) is 0 Å². The number of hydrogen-bond acceptors (Lipinski definition) is 0. The molecule has 0 radical (unpaired) electrons. The molecule has 0 aliphatic rings. The van der Waals surface area contributed by atoms with Crippen LogP contribution < -0.4 is 0 Å². The Balaban J connectivity index is 1.85. The van der Waals surface area contributed by atoms with Gasteiger partial charge in [-0.15, -0.1) is 0 Å². The second kappa shape index (κ2) is 6.79. The Labute approximate surface area is 162 Å². The first-order valence-electron chi connectivity index (χ1n) is 8.96. The summed E-state index contributed by atoms with van der Waals surface area (Å²) in [5, 5.41) is 0. The molecule has 0 fully saturated rings. The predicted octanol–water partition coefficient (Wildman–Crippen LogP) is 6.67. The number of benzene rings is 2. The topological polar surface area (TPSA) is 0 Å². The van der Waals surface area contributed by atoms with Gasteiger partial charge in [-0.05, 0) is 0 Å². The van der Waals surface area contributed by atoms with Gasteiger partial charge < -0.3 is 0 Å². The molecule has 1 heteroatoms. The van der Waals surface area contributed by atoms with Gasteiger partial charge in [0.15, 0.2) is 0 Å². The summed E-state index contributed by atoms with van der Waals surface area (Å²) in [6.45, 7) is 13.6. The predicted molar refractivity (Wildman–Crippen MR) is 112 cm³/mol. The van der Waals surface area contributed by atoms with Crippen LogP contribution in [0, 0.1) is 0 Å². The summed E-state index contributed by atoms with van der Waals surface area (Å²) in [6, 6.07) is 23.0. The van der Waals surface area contributed by atoms with Crippen LogP contribution in [-0.4, -0.2) is 20.4 Å². The summed E-state index contributed by atoms with van der Waals surface area (Å²) < 4.78 is 3.08. The van der Waals surface area contributed by atoms with E-state index in [0.29, 0.717) is 0 Å². The molecule has 2 aromatic carbocycles. The van der Waals surface area contributed by atoms with Crippen LogP contribution in [0.25, 0.3) is 18.3 Å². The third-order valence-electron chi connectivity index (χ3n) is 4.68. The van der Waals surface area contributed by atoms with Crippen LogP contribution in [-0.2, 0) is 10.8 Å². The van der Waals surface area contributed by atoms with Crippen LogP contribution in [0.5, 0.6) is 0 Å². The second-order valence-electron chi connectivity index (χ2n) is 8.82. The Bertz CT molecular complexity index is 763. The molecule has 0 saturated carbocycles. The maximum atomic E-state index is 2.33. The van der Waals surface area contributed by atoms with E-state index in [2.05, 4.69) is 102 Å². The zero-order valence-electron chi connectivity index (χ0n) is 16.2. The monoisotopic (exact) mass is 446 g/mol. The summed E-state index contributed by atoms with van der Waals surface area (Å²) in [4.78, 5) is 0. The minimum atomic E-state index is -0.306. The van der Waals surface area contributed by atoms with Crippen LogP contribution in [0.15, 0.2) is 60.7 Å². The van der Waals surface area contributed by atoms with Gasteiger partial charge in [0.05, 0.1) is 0 Å². The van der Waals surface area contributed by atoms with Gasteiger partial charge in [0, 0.05) is 0 Å². The van der Waals surface area contributed by atoms with Gasteiger partial charge in [-0.3, -0.25) is 0 Å². The summed E-state index contributed by atoms with van der Waals surface area (Å²) in [5.41, 5.74) is 6.04. The molecule has 3 rings (SSSR count). The molecule has 1 heterocycles. The van der Waals surface area contributed by atoms with E-state index in [1.54, 1.807) is 7.16 Å². The maximum absolute atomic E-state index is 2.33. The van der Waals surface area contributed by atoms with Gasteiger partial charge in [-0.2, -0.15) is 0 Å². The van der Waals surface area contributed by atoms with Crippen molar-refractivity contribution in [3.05, 3.63) is 71.8 Å². The molecule has 0 unspecified atom stereocenters. The number of hydrogen-bond donors (Lipinski definition) is 0. The third kappa shape index (κ3) is 4.28. The van der Waals surface area contributed by atoms with Gasteiger partial charge in [-0.1, -0.05) is 0 Å². The van der Waals surface area contributed by atoms with Gasteiger partial charge >= 0.3 is 163 Å². The van der Waals surface area contributed by atoms with Gasteiger partial charge in [0.1, 0.15) is 0 Å². The average Bonchev–Trinajstić information content (AvgIpc) is 3.03. The molecule has 25 heavy (non-hydrogen) atoms.